The van der Waals surface area contributed by atoms with Gasteiger partial charge in [-0.05, 0) is 73.5 Å². The number of hydrogen-bond acceptors (Lipinski definition) is 3. The molecule has 0 spiro atoms. The number of amides is 2. The summed E-state index contributed by atoms with van der Waals surface area (Å²) in [5, 5.41) is 8.59. The highest BCUT2D eigenvalue weighted by Gasteiger charge is 2.36. The number of aryl methyl sites for hydroxylation is 2. The molecular weight excluding hydrogens is 510 g/mol. The summed E-state index contributed by atoms with van der Waals surface area (Å²) in [6.07, 6.45) is 2.03. The first-order chi connectivity index (χ1) is 18.9. The highest BCUT2D eigenvalue weighted by Crippen LogP contribution is 2.39. The van der Waals surface area contributed by atoms with Gasteiger partial charge in [0, 0.05) is 22.5 Å². The Kier molecular flexibility index (Phi) is 6.37. The Bertz CT molecular complexity index is 1660. The number of urea groups is 1. The quantitative estimate of drug-likeness (QED) is 0.266. The zero-order valence-electron chi connectivity index (χ0n) is 21.9. The first-order valence-corrected chi connectivity index (χ1v) is 13.1. The minimum Gasteiger partial charge on any atom is -0.497 e. The van der Waals surface area contributed by atoms with E-state index in [2.05, 4.69) is 16.0 Å². The third kappa shape index (κ3) is 4.45. The molecule has 2 amide bonds. The van der Waals surface area contributed by atoms with E-state index < -0.39 is 0 Å². The molecule has 0 fully saturated rings. The number of carbonyl (C=O) groups is 1. The number of fused-ring (bicyclic) bond motifs is 3. The van der Waals surface area contributed by atoms with Gasteiger partial charge in [0.2, 0.25) is 0 Å². The average molecular weight is 538 g/mol. The van der Waals surface area contributed by atoms with E-state index in [4.69, 9.17) is 21.4 Å². The molecule has 7 nitrogen and oxygen atoms in total. The van der Waals surface area contributed by atoms with Gasteiger partial charge >= 0.3 is 6.03 Å². The van der Waals surface area contributed by atoms with Crippen LogP contribution in [0.1, 0.15) is 34.1 Å². The van der Waals surface area contributed by atoms with Crippen molar-refractivity contribution in [2.75, 3.05) is 12.4 Å². The summed E-state index contributed by atoms with van der Waals surface area (Å²) in [7, 11) is 1.65. The predicted octanol–water partition coefficient (Wildman–Crippen LogP) is 7.08. The fourth-order valence-corrected chi connectivity index (χ4v) is 5.33. The number of benzene rings is 3. The Hall–Kier alpha value is -4.49. The second-order valence-corrected chi connectivity index (χ2v) is 10.0. The Morgan fingerprint density at radius 2 is 1.77 bits per heavy atom. The largest absolute Gasteiger partial charge is 0.497 e. The maximum absolute atomic E-state index is 14.1. The maximum Gasteiger partial charge on any atom is 0.322 e. The second kappa shape index (κ2) is 10.0. The van der Waals surface area contributed by atoms with Crippen LogP contribution in [0.25, 0.3) is 11.5 Å². The van der Waals surface area contributed by atoms with Crippen molar-refractivity contribution in [1.29, 1.82) is 0 Å². The number of anilines is 1. The molecule has 1 aliphatic rings. The molecule has 0 saturated heterocycles. The maximum atomic E-state index is 14.1. The van der Waals surface area contributed by atoms with Crippen LogP contribution in [0, 0.1) is 13.8 Å². The van der Waals surface area contributed by atoms with Crippen LogP contribution in [-0.4, -0.2) is 32.4 Å². The van der Waals surface area contributed by atoms with E-state index in [0.717, 1.165) is 45.3 Å². The van der Waals surface area contributed by atoms with Gasteiger partial charge in [-0.1, -0.05) is 48.0 Å². The zero-order chi connectivity index (χ0) is 27.1. The molecule has 1 N–H and O–H groups in total. The molecule has 2 aromatic heterocycles. The van der Waals surface area contributed by atoms with Crippen LogP contribution in [0.15, 0.2) is 91.1 Å². The van der Waals surface area contributed by atoms with E-state index in [-0.39, 0.29) is 12.1 Å². The van der Waals surface area contributed by atoms with Crippen molar-refractivity contribution in [3.05, 3.63) is 124 Å². The van der Waals surface area contributed by atoms with Crippen molar-refractivity contribution in [2.24, 2.45) is 0 Å². The fourth-order valence-electron chi connectivity index (χ4n) is 5.15. The van der Waals surface area contributed by atoms with E-state index in [0.29, 0.717) is 17.3 Å². The molecule has 1 atom stereocenters. The molecule has 0 radical (unpaired) electrons. The Morgan fingerprint density at radius 3 is 2.49 bits per heavy atom. The zero-order valence-corrected chi connectivity index (χ0v) is 22.7. The number of nitrogens with zero attached hydrogens (tertiary/aromatic N) is 4. The highest BCUT2D eigenvalue weighted by atomic mass is 35.5. The molecule has 3 heterocycles. The van der Waals surface area contributed by atoms with Gasteiger partial charge in [-0.25, -0.2) is 9.48 Å². The van der Waals surface area contributed by atoms with Crippen LogP contribution in [0.2, 0.25) is 5.02 Å². The lowest BCUT2D eigenvalue weighted by atomic mass is 10.0. The third-order valence-electron chi connectivity index (χ3n) is 7.20. The van der Waals surface area contributed by atoms with E-state index in [1.54, 1.807) is 13.2 Å². The summed E-state index contributed by atoms with van der Waals surface area (Å²) in [5.41, 5.74) is 6.30. The monoisotopic (exact) mass is 537 g/mol. The number of methoxy groups -OCH3 is 1. The van der Waals surface area contributed by atoms with Crippen molar-refractivity contribution >= 4 is 23.3 Å². The van der Waals surface area contributed by atoms with Crippen molar-refractivity contribution in [3.63, 3.8) is 0 Å². The standard InChI is InChI=1S/C31H28ClN5O2/c1-20-11-14-23(18-27(20)32)33-31(38)36-19-26-21(2)34-37(24-8-5-4-6-9-24)30(26)35-17-7-10-28(35)29(36)22-12-15-25(39-3)16-13-22/h4-18,29H,19H2,1-3H3,(H,33,38). The molecular formula is C31H28ClN5O2. The van der Waals surface area contributed by atoms with E-state index >= 15 is 0 Å². The van der Waals surface area contributed by atoms with Gasteiger partial charge in [-0.2, -0.15) is 5.10 Å². The van der Waals surface area contributed by atoms with Crippen LogP contribution < -0.4 is 10.1 Å². The smallest absolute Gasteiger partial charge is 0.322 e. The van der Waals surface area contributed by atoms with Gasteiger partial charge in [0.05, 0.1) is 36.8 Å². The van der Waals surface area contributed by atoms with Gasteiger partial charge in [0.15, 0.2) is 0 Å². The Labute approximate surface area is 232 Å². The number of halogens is 1. The van der Waals surface area contributed by atoms with E-state index in [1.807, 2.05) is 102 Å². The molecule has 39 heavy (non-hydrogen) atoms. The first-order valence-electron chi connectivity index (χ1n) is 12.7. The lowest BCUT2D eigenvalue weighted by Crippen LogP contribution is -2.38. The van der Waals surface area contributed by atoms with Gasteiger partial charge in [-0.15, -0.1) is 0 Å². The van der Waals surface area contributed by atoms with Crippen LogP contribution in [0.3, 0.4) is 0 Å². The minimum absolute atomic E-state index is 0.233. The van der Waals surface area contributed by atoms with Crippen molar-refractivity contribution in [1.82, 2.24) is 19.2 Å². The summed E-state index contributed by atoms with van der Waals surface area (Å²) in [5.74, 6) is 1.68. The predicted molar refractivity (Wildman–Crippen MR) is 153 cm³/mol. The van der Waals surface area contributed by atoms with Gasteiger partial charge in [0.25, 0.3) is 0 Å². The molecule has 0 saturated carbocycles. The van der Waals surface area contributed by atoms with Crippen LogP contribution in [0.4, 0.5) is 10.5 Å². The van der Waals surface area contributed by atoms with Gasteiger partial charge in [0.1, 0.15) is 11.6 Å². The average Bonchev–Trinajstić information content (AvgIpc) is 3.51. The van der Waals surface area contributed by atoms with Crippen molar-refractivity contribution in [3.8, 4) is 17.3 Å². The molecule has 0 aliphatic carbocycles. The molecule has 8 heteroatoms. The summed E-state index contributed by atoms with van der Waals surface area (Å²) < 4.78 is 9.51. The van der Waals surface area contributed by atoms with Gasteiger partial charge < -0.3 is 19.5 Å². The normalized spacial score (nSPS) is 14.4. The highest BCUT2D eigenvalue weighted by molar-refractivity contribution is 6.31. The summed E-state index contributed by atoms with van der Waals surface area (Å²) in [6.45, 7) is 4.29. The lowest BCUT2D eigenvalue weighted by Gasteiger charge is -2.31. The lowest BCUT2D eigenvalue weighted by molar-refractivity contribution is 0.194. The van der Waals surface area contributed by atoms with Crippen LogP contribution in [0.5, 0.6) is 5.75 Å². The number of hydrogen-bond donors (Lipinski definition) is 1. The number of carbonyl (C=O) groups excluding carboxylic acids is 1. The second-order valence-electron chi connectivity index (χ2n) is 9.64. The minimum atomic E-state index is -0.372. The first kappa shape index (κ1) is 24.8. The third-order valence-corrected chi connectivity index (χ3v) is 7.61. The summed E-state index contributed by atoms with van der Waals surface area (Å²) in [6, 6.07) is 26.9. The van der Waals surface area contributed by atoms with Gasteiger partial charge in [-0.3, -0.25) is 0 Å². The molecule has 1 aliphatic heterocycles. The fraction of sp³-hybridized carbons (Fsp3) is 0.161. The van der Waals surface area contributed by atoms with Crippen molar-refractivity contribution in [2.45, 2.75) is 26.4 Å². The SMILES string of the molecule is COc1ccc(C2c3cccn3-c3c(c(C)nn3-c3ccccc3)CN2C(=O)Nc2ccc(C)c(Cl)c2)cc1. The molecule has 3 aromatic carbocycles. The van der Waals surface area contributed by atoms with Crippen molar-refractivity contribution < 1.29 is 9.53 Å². The molecule has 6 rings (SSSR count). The van der Waals surface area contributed by atoms with E-state index in [1.165, 1.54) is 0 Å². The Morgan fingerprint density at radius 1 is 1.00 bits per heavy atom. The topological polar surface area (TPSA) is 64.3 Å². The molecule has 1 unspecified atom stereocenters. The number of rotatable bonds is 4. The number of nitrogens with one attached hydrogen (secondary N) is 1. The Balaban J connectivity index is 1.52. The van der Waals surface area contributed by atoms with Crippen LogP contribution >= 0.6 is 11.6 Å². The number of para-hydroxylation sites is 1. The molecule has 0 bridgehead atoms. The number of ether oxygens (including phenoxy) is 1. The van der Waals surface area contributed by atoms with Crippen LogP contribution in [-0.2, 0) is 6.54 Å². The molecule has 196 valence electrons. The number of aromatic nitrogens is 3. The summed E-state index contributed by atoms with van der Waals surface area (Å²) >= 11 is 6.37. The molecule has 5 aromatic rings. The summed E-state index contributed by atoms with van der Waals surface area (Å²) in [4.78, 5) is 15.9. The van der Waals surface area contributed by atoms with E-state index in [9.17, 15) is 4.79 Å².